The Morgan fingerprint density at radius 1 is 1.50 bits per heavy atom. The third-order valence-corrected chi connectivity index (χ3v) is 2.93. The van der Waals surface area contributed by atoms with Gasteiger partial charge < -0.3 is 10.1 Å². The van der Waals surface area contributed by atoms with Crippen LogP contribution in [0.4, 0.5) is 10.1 Å². The number of hydrogen-bond acceptors (Lipinski definition) is 2. The first-order chi connectivity index (χ1) is 7.36. The summed E-state index contributed by atoms with van der Waals surface area (Å²) in [5.41, 5.74) is -0.568. The molecule has 1 aromatic rings. The zero-order valence-corrected chi connectivity index (χ0v) is 10.9. The van der Waals surface area contributed by atoms with E-state index >= 15 is 0 Å². The quantitative estimate of drug-likeness (QED) is 0.929. The first kappa shape index (κ1) is 13.1. The Balaban J connectivity index is 2.89. The van der Waals surface area contributed by atoms with Crippen LogP contribution < -0.4 is 5.32 Å². The Hall–Kier alpha value is -0.940. The van der Waals surface area contributed by atoms with Gasteiger partial charge >= 0.3 is 0 Å². The predicted octanol–water partition coefficient (Wildman–Crippen LogP) is 2.95. The van der Waals surface area contributed by atoms with E-state index in [1.54, 1.807) is 13.8 Å². The van der Waals surface area contributed by atoms with Crippen LogP contribution in [0.2, 0.25) is 0 Å². The second-order valence-electron chi connectivity index (χ2n) is 3.79. The monoisotopic (exact) mass is 289 g/mol. The number of halogens is 2. The highest BCUT2D eigenvalue weighted by Crippen LogP contribution is 2.24. The molecule has 0 bridgehead atoms. The summed E-state index contributed by atoms with van der Waals surface area (Å²) in [5, 5.41) is 2.59. The zero-order chi connectivity index (χ0) is 12.3. The molecule has 88 valence electrons. The molecule has 0 aliphatic carbocycles. The standard InChI is InChI=1S/C11H13BrFNO2/c1-11(2,16-3)10(15)14-9-6-7(13)4-5-8(9)12/h4-6H,1-3H3,(H,14,15). The largest absolute Gasteiger partial charge is 0.369 e. The fourth-order valence-electron chi connectivity index (χ4n) is 0.959. The van der Waals surface area contributed by atoms with Crippen LogP contribution >= 0.6 is 15.9 Å². The highest BCUT2D eigenvalue weighted by molar-refractivity contribution is 9.10. The van der Waals surface area contributed by atoms with Crippen LogP contribution in [-0.4, -0.2) is 18.6 Å². The molecule has 1 N–H and O–H groups in total. The van der Waals surface area contributed by atoms with Crippen molar-refractivity contribution in [1.82, 2.24) is 0 Å². The molecule has 0 saturated carbocycles. The first-order valence-corrected chi connectivity index (χ1v) is 5.48. The van der Waals surface area contributed by atoms with Crippen LogP contribution in [0.15, 0.2) is 22.7 Å². The van der Waals surface area contributed by atoms with Gasteiger partial charge in [-0.25, -0.2) is 4.39 Å². The van der Waals surface area contributed by atoms with Crippen molar-refractivity contribution < 1.29 is 13.9 Å². The van der Waals surface area contributed by atoms with Gasteiger partial charge in [0.2, 0.25) is 0 Å². The summed E-state index contributed by atoms with van der Waals surface area (Å²) in [6.07, 6.45) is 0. The van der Waals surface area contributed by atoms with Crippen LogP contribution in [0.5, 0.6) is 0 Å². The van der Waals surface area contributed by atoms with Gasteiger partial charge in [-0.3, -0.25) is 4.79 Å². The lowest BCUT2D eigenvalue weighted by atomic mass is 10.1. The lowest BCUT2D eigenvalue weighted by Gasteiger charge is -2.22. The molecule has 0 radical (unpaired) electrons. The van der Waals surface area contributed by atoms with E-state index in [-0.39, 0.29) is 5.91 Å². The lowest BCUT2D eigenvalue weighted by Crippen LogP contribution is -2.38. The summed E-state index contributed by atoms with van der Waals surface area (Å²) < 4.78 is 18.6. The minimum atomic E-state index is -0.953. The van der Waals surface area contributed by atoms with E-state index in [2.05, 4.69) is 21.2 Å². The van der Waals surface area contributed by atoms with Crippen molar-refractivity contribution in [2.24, 2.45) is 0 Å². The molecule has 0 aromatic heterocycles. The Labute approximate surface area is 102 Å². The number of anilines is 1. The summed E-state index contributed by atoms with van der Waals surface area (Å²) in [4.78, 5) is 11.7. The van der Waals surface area contributed by atoms with E-state index < -0.39 is 11.4 Å². The van der Waals surface area contributed by atoms with E-state index in [9.17, 15) is 9.18 Å². The summed E-state index contributed by atoms with van der Waals surface area (Å²) in [5.74, 6) is -0.741. The van der Waals surface area contributed by atoms with Gasteiger partial charge in [-0.05, 0) is 48.0 Å². The topological polar surface area (TPSA) is 38.3 Å². The van der Waals surface area contributed by atoms with Gasteiger partial charge in [0.25, 0.3) is 5.91 Å². The molecular weight excluding hydrogens is 277 g/mol. The molecule has 0 unspecified atom stereocenters. The van der Waals surface area contributed by atoms with Crippen molar-refractivity contribution in [1.29, 1.82) is 0 Å². The number of methoxy groups -OCH3 is 1. The maximum absolute atomic E-state index is 13.0. The van der Waals surface area contributed by atoms with Gasteiger partial charge in [0.1, 0.15) is 11.4 Å². The molecular formula is C11H13BrFNO2. The van der Waals surface area contributed by atoms with Crippen LogP contribution in [0, 0.1) is 5.82 Å². The Morgan fingerprint density at radius 3 is 2.69 bits per heavy atom. The van der Waals surface area contributed by atoms with Gasteiger partial charge in [0, 0.05) is 11.6 Å². The number of ether oxygens (including phenoxy) is 1. The molecule has 5 heteroatoms. The third kappa shape index (κ3) is 3.02. The fraction of sp³-hybridized carbons (Fsp3) is 0.364. The second-order valence-corrected chi connectivity index (χ2v) is 4.65. The molecule has 0 spiro atoms. The van der Waals surface area contributed by atoms with Gasteiger partial charge in [-0.2, -0.15) is 0 Å². The van der Waals surface area contributed by atoms with Gasteiger partial charge in [-0.1, -0.05) is 0 Å². The number of carbonyl (C=O) groups is 1. The Morgan fingerprint density at radius 2 is 2.12 bits per heavy atom. The summed E-state index contributed by atoms with van der Waals surface area (Å²) in [6.45, 7) is 3.27. The highest BCUT2D eigenvalue weighted by atomic mass is 79.9. The molecule has 0 aliphatic heterocycles. The van der Waals surface area contributed by atoms with Crippen molar-refractivity contribution in [3.05, 3.63) is 28.5 Å². The van der Waals surface area contributed by atoms with E-state index in [4.69, 9.17) is 4.74 Å². The van der Waals surface area contributed by atoms with Crippen LogP contribution in [-0.2, 0) is 9.53 Å². The van der Waals surface area contributed by atoms with Crippen molar-refractivity contribution in [3.63, 3.8) is 0 Å². The molecule has 1 aromatic carbocycles. The number of hydrogen-bond donors (Lipinski definition) is 1. The Kier molecular flexibility index (Phi) is 4.04. The minimum Gasteiger partial charge on any atom is -0.369 e. The molecule has 3 nitrogen and oxygen atoms in total. The lowest BCUT2D eigenvalue weighted by molar-refractivity contribution is -0.133. The normalized spacial score (nSPS) is 11.3. The minimum absolute atomic E-state index is 0.332. The average molecular weight is 290 g/mol. The molecule has 1 rings (SSSR count). The van der Waals surface area contributed by atoms with Gasteiger partial charge in [0.15, 0.2) is 0 Å². The molecule has 1 amide bonds. The van der Waals surface area contributed by atoms with E-state index in [1.807, 2.05) is 0 Å². The third-order valence-electron chi connectivity index (χ3n) is 2.23. The maximum atomic E-state index is 13.0. The number of nitrogens with one attached hydrogen (secondary N) is 1. The number of benzene rings is 1. The van der Waals surface area contributed by atoms with Crippen LogP contribution in [0.3, 0.4) is 0 Å². The van der Waals surface area contributed by atoms with Gasteiger partial charge in [0.05, 0.1) is 5.69 Å². The van der Waals surface area contributed by atoms with Crippen LogP contribution in [0.25, 0.3) is 0 Å². The Bertz CT molecular complexity index is 407. The highest BCUT2D eigenvalue weighted by Gasteiger charge is 2.27. The molecule has 16 heavy (non-hydrogen) atoms. The van der Waals surface area contributed by atoms with Crippen LogP contribution in [0.1, 0.15) is 13.8 Å². The van der Waals surface area contributed by atoms with Crippen molar-refractivity contribution in [3.8, 4) is 0 Å². The van der Waals surface area contributed by atoms with Crippen molar-refractivity contribution >= 4 is 27.5 Å². The van der Waals surface area contributed by atoms with E-state index in [0.29, 0.717) is 10.2 Å². The smallest absolute Gasteiger partial charge is 0.256 e. The average Bonchev–Trinajstić information content (AvgIpc) is 2.23. The van der Waals surface area contributed by atoms with Gasteiger partial charge in [-0.15, -0.1) is 0 Å². The second kappa shape index (κ2) is 4.93. The summed E-state index contributed by atoms with van der Waals surface area (Å²) >= 11 is 3.23. The number of amides is 1. The maximum Gasteiger partial charge on any atom is 0.256 e. The summed E-state index contributed by atoms with van der Waals surface area (Å²) in [7, 11) is 1.44. The number of rotatable bonds is 3. The molecule has 0 fully saturated rings. The molecule has 0 saturated heterocycles. The number of carbonyl (C=O) groups excluding carboxylic acids is 1. The molecule has 0 atom stereocenters. The van der Waals surface area contributed by atoms with E-state index in [0.717, 1.165) is 0 Å². The molecule has 0 aliphatic rings. The zero-order valence-electron chi connectivity index (χ0n) is 9.30. The fourth-order valence-corrected chi connectivity index (χ4v) is 1.30. The first-order valence-electron chi connectivity index (χ1n) is 4.68. The summed E-state index contributed by atoms with van der Waals surface area (Å²) in [6, 6.07) is 4.08. The SMILES string of the molecule is COC(C)(C)C(=O)Nc1cc(F)ccc1Br. The molecule has 0 heterocycles. The van der Waals surface area contributed by atoms with Crippen molar-refractivity contribution in [2.45, 2.75) is 19.4 Å². The van der Waals surface area contributed by atoms with E-state index in [1.165, 1.54) is 25.3 Å². The van der Waals surface area contributed by atoms with Crippen molar-refractivity contribution in [2.75, 3.05) is 12.4 Å². The predicted molar refractivity (Wildman–Crippen MR) is 63.8 cm³/mol.